The van der Waals surface area contributed by atoms with Gasteiger partial charge in [-0.15, -0.1) is 11.3 Å². The Morgan fingerprint density at radius 2 is 2.05 bits per heavy atom. The molecule has 1 saturated carbocycles. The minimum absolute atomic E-state index is 0.608. The summed E-state index contributed by atoms with van der Waals surface area (Å²) < 4.78 is 2.30. The second-order valence-corrected chi connectivity index (χ2v) is 7.74. The fourth-order valence-electron chi connectivity index (χ4n) is 3.90. The molecule has 0 amide bonds. The number of anilines is 1. The largest absolute Gasteiger partial charge is 0.370 e. The molecule has 0 aromatic carbocycles. The summed E-state index contributed by atoms with van der Waals surface area (Å²) in [5.41, 5.74) is 1.14. The summed E-state index contributed by atoms with van der Waals surface area (Å²) in [5.74, 6) is 2.05. The van der Waals surface area contributed by atoms with E-state index < -0.39 is 0 Å². The molecule has 2 aliphatic rings. The second kappa shape index (κ2) is 5.48. The van der Waals surface area contributed by atoms with E-state index in [-0.39, 0.29) is 0 Å². The van der Waals surface area contributed by atoms with Gasteiger partial charge in [-0.25, -0.2) is 4.68 Å². The second-order valence-electron chi connectivity index (χ2n) is 6.45. The smallest absolute Gasteiger partial charge is 0.125 e. The molecule has 112 valence electrons. The summed E-state index contributed by atoms with van der Waals surface area (Å²) in [6, 6.07) is 7.23. The molecule has 1 N–H and O–H groups in total. The molecule has 3 heterocycles. The molecule has 1 aliphatic carbocycles. The average molecular weight is 301 g/mol. The van der Waals surface area contributed by atoms with Crippen LogP contribution in [0, 0.1) is 12.8 Å². The molecule has 4 rings (SSSR count). The highest BCUT2D eigenvalue weighted by Crippen LogP contribution is 2.39. The molecule has 0 spiro atoms. The lowest BCUT2D eigenvalue weighted by Crippen LogP contribution is -2.30. The SMILES string of the molecule is Cc1ccc(-c2cc3n(n2)C(C2CCCCC2)CCN3)s1. The number of hydrogen-bond acceptors (Lipinski definition) is 3. The summed E-state index contributed by atoms with van der Waals surface area (Å²) >= 11 is 1.84. The fraction of sp³-hybridized carbons (Fsp3) is 0.588. The van der Waals surface area contributed by atoms with Crippen molar-refractivity contribution in [2.75, 3.05) is 11.9 Å². The van der Waals surface area contributed by atoms with Crippen molar-refractivity contribution >= 4 is 17.2 Å². The normalized spacial score (nSPS) is 22.8. The molecular formula is C17H23N3S. The Hall–Kier alpha value is -1.29. The number of thiophene rings is 1. The molecule has 1 atom stereocenters. The molecule has 2 aromatic heterocycles. The summed E-state index contributed by atoms with van der Waals surface area (Å²) in [6.07, 6.45) is 8.23. The quantitative estimate of drug-likeness (QED) is 0.858. The van der Waals surface area contributed by atoms with Gasteiger partial charge in [-0.3, -0.25) is 0 Å². The average Bonchev–Trinajstić information content (AvgIpc) is 3.13. The molecule has 3 nitrogen and oxygen atoms in total. The lowest BCUT2D eigenvalue weighted by atomic mass is 9.82. The van der Waals surface area contributed by atoms with Crippen LogP contribution in [-0.4, -0.2) is 16.3 Å². The third-order valence-corrected chi connectivity index (χ3v) is 6.01. The first-order valence-corrected chi connectivity index (χ1v) is 9.03. The Kier molecular flexibility index (Phi) is 3.49. The molecule has 1 fully saturated rings. The van der Waals surface area contributed by atoms with E-state index in [0.29, 0.717) is 6.04 Å². The van der Waals surface area contributed by atoms with Gasteiger partial charge in [0.15, 0.2) is 0 Å². The summed E-state index contributed by atoms with van der Waals surface area (Å²) in [7, 11) is 0. The van der Waals surface area contributed by atoms with Crippen molar-refractivity contribution in [1.29, 1.82) is 0 Å². The Balaban J connectivity index is 1.66. The number of nitrogens with zero attached hydrogens (tertiary/aromatic N) is 2. The van der Waals surface area contributed by atoms with Gasteiger partial charge in [0.25, 0.3) is 0 Å². The van der Waals surface area contributed by atoms with Crippen molar-refractivity contribution in [2.45, 2.75) is 51.5 Å². The number of hydrogen-bond donors (Lipinski definition) is 1. The van der Waals surface area contributed by atoms with Crippen LogP contribution < -0.4 is 5.32 Å². The van der Waals surface area contributed by atoms with Gasteiger partial charge < -0.3 is 5.32 Å². The van der Waals surface area contributed by atoms with E-state index in [9.17, 15) is 0 Å². The van der Waals surface area contributed by atoms with Crippen LogP contribution in [0.15, 0.2) is 18.2 Å². The monoisotopic (exact) mass is 301 g/mol. The van der Waals surface area contributed by atoms with Gasteiger partial charge in [-0.2, -0.15) is 5.10 Å². The number of aryl methyl sites for hydroxylation is 1. The van der Waals surface area contributed by atoms with E-state index in [1.807, 2.05) is 11.3 Å². The van der Waals surface area contributed by atoms with Crippen LogP contribution in [0.25, 0.3) is 10.6 Å². The van der Waals surface area contributed by atoms with Gasteiger partial charge in [-0.1, -0.05) is 19.3 Å². The first kappa shape index (κ1) is 13.4. The van der Waals surface area contributed by atoms with Crippen LogP contribution >= 0.6 is 11.3 Å². The Labute approximate surface area is 130 Å². The zero-order valence-electron chi connectivity index (χ0n) is 12.6. The van der Waals surface area contributed by atoms with Crippen LogP contribution in [0.5, 0.6) is 0 Å². The van der Waals surface area contributed by atoms with Gasteiger partial charge in [0, 0.05) is 17.5 Å². The van der Waals surface area contributed by atoms with E-state index in [0.717, 1.165) is 18.2 Å². The summed E-state index contributed by atoms with van der Waals surface area (Å²) in [6.45, 7) is 3.25. The molecule has 4 heteroatoms. The van der Waals surface area contributed by atoms with Gasteiger partial charge >= 0.3 is 0 Å². The molecule has 1 unspecified atom stereocenters. The van der Waals surface area contributed by atoms with Crippen LogP contribution in [-0.2, 0) is 0 Å². The van der Waals surface area contributed by atoms with Crippen molar-refractivity contribution in [3.8, 4) is 10.6 Å². The molecule has 2 aromatic rings. The van der Waals surface area contributed by atoms with E-state index in [1.54, 1.807) is 0 Å². The molecule has 0 radical (unpaired) electrons. The lowest BCUT2D eigenvalue weighted by Gasteiger charge is -2.34. The maximum atomic E-state index is 4.96. The predicted octanol–water partition coefficient (Wildman–Crippen LogP) is 4.86. The standard InChI is InChI=1S/C17H23N3S/c1-12-7-8-16(21-12)14-11-17-18-10-9-15(20(17)19-14)13-5-3-2-4-6-13/h7-8,11,13,15,18H,2-6,9-10H2,1H3. The Bertz CT molecular complexity index is 622. The Morgan fingerprint density at radius 3 is 2.81 bits per heavy atom. The van der Waals surface area contributed by atoms with Crippen molar-refractivity contribution in [2.24, 2.45) is 5.92 Å². The van der Waals surface area contributed by atoms with Crippen LogP contribution in [0.2, 0.25) is 0 Å². The number of nitrogens with one attached hydrogen (secondary N) is 1. The number of aromatic nitrogens is 2. The zero-order chi connectivity index (χ0) is 14.2. The molecular weight excluding hydrogens is 278 g/mol. The van der Waals surface area contributed by atoms with E-state index >= 15 is 0 Å². The van der Waals surface area contributed by atoms with Crippen molar-refractivity contribution in [3.05, 3.63) is 23.1 Å². The molecule has 0 bridgehead atoms. The molecule has 0 saturated heterocycles. The minimum Gasteiger partial charge on any atom is -0.370 e. The van der Waals surface area contributed by atoms with Crippen LogP contribution in [0.1, 0.15) is 49.4 Å². The summed E-state index contributed by atoms with van der Waals surface area (Å²) in [5, 5.41) is 8.49. The van der Waals surface area contributed by atoms with Gasteiger partial charge in [0.2, 0.25) is 0 Å². The third kappa shape index (κ3) is 2.50. The zero-order valence-corrected chi connectivity index (χ0v) is 13.5. The summed E-state index contributed by atoms with van der Waals surface area (Å²) in [4.78, 5) is 2.64. The van der Waals surface area contributed by atoms with Crippen molar-refractivity contribution < 1.29 is 0 Å². The van der Waals surface area contributed by atoms with Crippen molar-refractivity contribution in [1.82, 2.24) is 9.78 Å². The molecule has 21 heavy (non-hydrogen) atoms. The van der Waals surface area contributed by atoms with E-state index in [2.05, 4.69) is 35.1 Å². The van der Waals surface area contributed by atoms with Gasteiger partial charge in [0.1, 0.15) is 11.5 Å². The lowest BCUT2D eigenvalue weighted by molar-refractivity contribution is 0.223. The number of fused-ring (bicyclic) bond motifs is 1. The molecule has 1 aliphatic heterocycles. The maximum absolute atomic E-state index is 4.96. The maximum Gasteiger partial charge on any atom is 0.125 e. The van der Waals surface area contributed by atoms with Gasteiger partial charge in [-0.05, 0) is 44.2 Å². The van der Waals surface area contributed by atoms with Crippen LogP contribution in [0.3, 0.4) is 0 Å². The first-order chi connectivity index (χ1) is 10.3. The highest BCUT2D eigenvalue weighted by molar-refractivity contribution is 7.15. The van der Waals surface area contributed by atoms with Gasteiger partial charge in [0.05, 0.1) is 10.9 Å². The predicted molar refractivity (Wildman–Crippen MR) is 89.0 cm³/mol. The highest BCUT2D eigenvalue weighted by Gasteiger charge is 2.30. The van der Waals surface area contributed by atoms with E-state index in [1.165, 1.54) is 54.1 Å². The Morgan fingerprint density at radius 1 is 1.19 bits per heavy atom. The fourth-order valence-corrected chi connectivity index (χ4v) is 4.72. The first-order valence-electron chi connectivity index (χ1n) is 8.21. The highest BCUT2D eigenvalue weighted by atomic mass is 32.1. The third-order valence-electron chi connectivity index (χ3n) is 4.98. The van der Waals surface area contributed by atoms with E-state index in [4.69, 9.17) is 5.10 Å². The van der Waals surface area contributed by atoms with Crippen LogP contribution in [0.4, 0.5) is 5.82 Å². The number of rotatable bonds is 2. The minimum atomic E-state index is 0.608. The van der Waals surface area contributed by atoms with Crippen molar-refractivity contribution in [3.63, 3.8) is 0 Å². The topological polar surface area (TPSA) is 29.9 Å².